The van der Waals surface area contributed by atoms with Gasteiger partial charge in [-0.2, -0.15) is 0 Å². The van der Waals surface area contributed by atoms with E-state index >= 15 is 0 Å². The first-order valence-electron chi connectivity index (χ1n) is 5.29. The summed E-state index contributed by atoms with van der Waals surface area (Å²) in [4.78, 5) is 11.8. The van der Waals surface area contributed by atoms with Gasteiger partial charge >= 0.3 is 0 Å². The number of carbonyl (C=O) groups excluding carboxylic acids is 1. The van der Waals surface area contributed by atoms with Crippen molar-refractivity contribution in [1.82, 2.24) is 0 Å². The molecular formula is C13H18O2. The second-order valence-electron chi connectivity index (χ2n) is 4.25. The Morgan fingerprint density at radius 1 is 1.33 bits per heavy atom. The molecule has 1 aromatic rings. The van der Waals surface area contributed by atoms with E-state index in [9.17, 15) is 9.90 Å². The molecule has 0 radical (unpaired) electrons. The van der Waals surface area contributed by atoms with Gasteiger partial charge in [0.2, 0.25) is 0 Å². The van der Waals surface area contributed by atoms with Crippen LogP contribution in [0.25, 0.3) is 0 Å². The SMILES string of the molecule is Cc1ccccc1C(=O)CC(O)C(C)C. The Kier molecular flexibility index (Phi) is 4.04. The number of benzene rings is 1. The van der Waals surface area contributed by atoms with Crippen molar-refractivity contribution < 1.29 is 9.90 Å². The summed E-state index contributed by atoms with van der Waals surface area (Å²) in [6.07, 6.45) is -0.334. The number of aryl methyl sites for hydroxylation is 1. The Bertz CT molecular complexity index is 342. The predicted octanol–water partition coefficient (Wildman–Crippen LogP) is 2.58. The molecular weight excluding hydrogens is 188 g/mol. The van der Waals surface area contributed by atoms with Gasteiger partial charge in [-0.3, -0.25) is 4.79 Å². The molecule has 1 N–H and O–H groups in total. The minimum atomic E-state index is -0.544. The molecule has 0 fully saturated rings. The van der Waals surface area contributed by atoms with Gasteiger partial charge in [0, 0.05) is 12.0 Å². The molecule has 0 saturated heterocycles. The highest BCUT2D eigenvalue weighted by Crippen LogP contribution is 2.14. The third-order valence-electron chi connectivity index (χ3n) is 2.61. The molecule has 0 aliphatic heterocycles. The van der Waals surface area contributed by atoms with E-state index in [0.717, 1.165) is 11.1 Å². The molecule has 1 unspecified atom stereocenters. The highest BCUT2D eigenvalue weighted by atomic mass is 16.3. The van der Waals surface area contributed by atoms with E-state index in [1.807, 2.05) is 45.0 Å². The van der Waals surface area contributed by atoms with E-state index in [1.165, 1.54) is 0 Å². The fraction of sp³-hybridized carbons (Fsp3) is 0.462. The predicted molar refractivity (Wildman–Crippen MR) is 61.0 cm³/mol. The minimum absolute atomic E-state index is 0.0225. The molecule has 1 rings (SSSR count). The molecule has 0 spiro atoms. The van der Waals surface area contributed by atoms with Crippen LogP contribution >= 0.6 is 0 Å². The number of carbonyl (C=O) groups is 1. The van der Waals surface area contributed by atoms with Crippen molar-refractivity contribution in [2.75, 3.05) is 0 Å². The molecule has 82 valence electrons. The highest BCUT2D eigenvalue weighted by Gasteiger charge is 2.16. The lowest BCUT2D eigenvalue weighted by atomic mass is 9.96. The summed E-state index contributed by atoms with van der Waals surface area (Å²) in [6.45, 7) is 5.74. The van der Waals surface area contributed by atoms with Crippen LogP contribution in [0.5, 0.6) is 0 Å². The summed E-state index contributed by atoms with van der Waals surface area (Å²) in [5.41, 5.74) is 1.69. The first kappa shape index (κ1) is 11.9. The maximum Gasteiger partial charge on any atom is 0.165 e. The van der Waals surface area contributed by atoms with E-state index in [-0.39, 0.29) is 18.1 Å². The fourth-order valence-corrected chi connectivity index (χ4v) is 1.42. The van der Waals surface area contributed by atoms with Crippen LogP contribution in [-0.2, 0) is 0 Å². The van der Waals surface area contributed by atoms with Crippen molar-refractivity contribution in [1.29, 1.82) is 0 Å². The van der Waals surface area contributed by atoms with Crippen LogP contribution in [0.2, 0.25) is 0 Å². The van der Waals surface area contributed by atoms with Crippen molar-refractivity contribution in [3.63, 3.8) is 0 Å². The van der Waals surface area contributed by atoms with Crippen LogP contribution in [0.4, 0.5) is 0 Å². The van der Waals surface area contributed by atoms with E-state index in [0.29, 0.717) is 0 Å². The first-order valence-corrected chi connectivity index (χ1v) is 5.29. The van der Waals surface area contributed by atoms with E-state index in [4.69, 9.17) is 0 Å². The van der Waals surface area contributed by atoms with Gasteiger partial charge < -0.3 is 5.11 Å². The summed E-state index contributed by atoms with van der Waals surface area (Å²) in [5.74, 6) is 0.146. The van der Waals surface area contributed by atoms with Gasteiger partial charge in [-0.05, 0) is 18.4 Å². The summed E-state index contributed by atoms with van der Waals surface area (Å²) in [6, 6.07) is 7.48. The molecule has 0 aliphatic carbocycles. The van der Waals surface area contributed by atoms with Gasteiger partial charge in [0.05, 0.1) is 6.10 Å². The number of hydrogen-bond acceptors (Lipinski definition) is 2. The molecule has 2 nitrogen and oxygen atoms in total. The Hall–Kier alpha value is -1.15. The Morgan fingerprint density at radius 3 is 2.47 bits per heavy atom. The lowest BCUT2D eigenvalue weighted by Gasteiger charge is -2.13. The van der Waals surface area contributed by atoms with Gasteiger partial charge in [-0.15, -0.1) is 0 Å². The first-order chi connectivity index (χ1) is 7.02. The number of aliphatic hydroxyl groups is 1. The molecule has 0 aliphatic rings. The molecule has 15 heavy (non-hydrogen) atoms. The van der Waals surface area contributed by atoms with Crippen LogP contribution in [0, 0.1) is 12.8 Å². The van der Waals surface area contributed by atoms with Crippen molar-refractivity contribution >= 4 is 5.78 Å². The average Bonchev–Trinajstić information content (AvgIpc) is 2.18. The van der Waals surface area contributed by atoms with Gasteiger partial charge in [0.1, 0.15) is 0 Å². The fourth-order valence-electron chi connectivity index (χ4n) is 1.42. The molecule has 1 aromatic carbocycles. The molecule has 0 saturated carbocycles. The second-order valence-corrected chi connectivity index (χ2v) is 4.25. The third-order valence-corrected chi connectivity index (χ3v) is 2.61. The van der Waals surface area contributed by atoms with Crippen LogP contribution in [0.15, 0.2) is 24.3 Å². The zero-order chi connectivity index (χ0) is 11.4. The molecule has 0 heterocycles. The second kappa shape index (κ2) is 5.08. The van der Waals surface area contributed by atoms with Gasteiger partial charge in [0.15, 0.2) is 5.78 Å². The Morgan fingerprint density at radius 2 is 1.93 bits per heavy atom. The van der Waals surface area contributed by atoms with E-state index in [2.05, 4.69) is 0 Å². The number of ketones is 1. The smallest absolute Gasteiger partial charge is 0.165 e. The van der Waals surface area contributed by atoms with Gasteiger partial charge in [-0.1, -0.05) is 38.1 Å². The summed E-state index contributed by atoms with van der Waals surface area (Å²) < 4.78 is 0. The van der Waals surface area contributed by atoms with Crippen LogP contribution in [0.3, 0.4) is 0 Å². The third kappa shape index (κ3) is 3.17. The number of Topliss-reactive ketones (excluding diaryl/α,β-unsaturated/α-hetero) is 1. The Labute approximate surface area is 90.9 Å². The van der Waals surface area contributed by atoms with Crippen molar-refractivity contribution in [3.05, 3.63) is 35.4 Å². The quantitative estimate of drug-likeness (QED) is 0.769. The molecule has 0 amide bonds. The number of rotatable bonds is 4. The normalized spacial score (nSPS) is 12.9. The van der Waals surface area contributed by atoms with Gasteiger partial charge in [0.25, 0.3) is 0 Å². The molecule has 0 bridgehead atoms. The van der Waals surface area contributed by atoms with E-state index in [1.54, 1.807) is 0 Å². The van der Waals surface area contributed by atoms with Crippen LogP contribution in [-0.4, -0.2) is 17.0 Å². The summed E-state index contributed by atoms with van der Waals surface area (Å²) in [7, 11) is 0. The van der Waals surface area contributed by atoms with Crippen LogP contribution < -0.4 is 0 Å². The molecule has 0 aromatic heterocycles. The monoisotopic (exact) mass is 206 g/mol. The summed E-state index contributed by atoms with van der Waals surface area (Å²) in [5, 5.41) is 9.63. The maximum absolute atomic E-state index is 11.8. The standard InChI is InChI=1S/C13H18O2/c1-9(2)12(14)8-13(15)11-7-5-4-6-10(11)3/h4-7,9,12,14H,8H2,1-3H3. The lowest BCUT2D eigenvalue weighted by Crippen LogP contribution is -2.19. The van der Waals surface area contributed by atoms with Crippen molar-refractivity contribution in [2.24, 2.45) is 5.92 Å². The largest absolute Gasteiger partial charge is 0.392 e. The average molecular weight is 206 g/mol. The van der Waals surface area contributed by atoms with E-state index < -0.39 is 6.10 Å². The van der Waals surface area contributed by atoms with Crippen molar-refractivity contribution in [3.8, 4) is 0 Å². The topological polar surface area (TPSA) is 37.3 Å². The highest BCUT2D eigenvalue weighted by molar-refractivity contribution is 5.97. The van der Waals surface area contributed by atoms with Crippen LogP contribution in [0.1, 0.15) is 36.2 Å². The zero-order valence-electron chi connectivity index (χ0n) is 9.53. The maximum atomic E-state index is 11.8. The van der Waals surface area contributed by atoms with Crippen molar-refractivity contribution in [2.45, 2.75) is 33.3 Å². The number of hydrogen-bond donors (Lipinski definition) is 1. The lowest BCUT2D eigenvalue weighted by molar-refractivity contribution is 0.0790. The van der Waals surface area contributed by atoms with Gasteiger partial charge in [-0.25, -0.2) is 0 Å². The molecule has 2 heteroatoms. The minimum Gasteiger partial charge on any atom is -0.392 e. The summed E-state index contributed by atoms with van der Waals surface area (Å²) >= 11 is 0. The zero-order valence-corrected chi connectivity index (χ0v) is 9.53. The Balaban J connectivity index is 2.74. The number of aliphatic hydroxyl groups excluding tert-OH is 1. The molecule has 1 atom stereocenters.